The van der Waals surface area contributed by atoms with Gasteiger partial charge in [0.1, 0.15) is 0 Å². The fourth-order valence-corrected chi connectivity index (χ4v) is 3.75. The lowest BCUT2D eigenvalue weighted by molar-refractivity contribution is 0.162. The summed E-state index contributed by atoms with van der Waals surface area (Å²) in [4.78, 5) is 9.48. The van der Waals surface area contributed by atoms with E-state index in [4.69, 9.17) is 4.74 Å². The third kappa shape index (κ3) is 4.37. The van der Waals surface area contributed by atoms with Crippen molar-refractivity contribution in [1.29, 1.82) is 0 Å². The van der Waals surface area contributed by atoms with E-state index in [1.165, 1.54) is 21.7 Å². The zero-order valence-corrected chi connectivity index (χ0v) is 13.3. The second-order valence-corrected chi connectivity index (χ2v) is 7.14. The van der Waals surface area contributed by atoms with Gasteiger partial charge in [0.2, 0.25) is 0 Å². The summed E-state index contributed by atoms with van der Waals surface area (Å²) in [5.41, 5.74) is 1.33. The van der Waals surface area contributed by atoms with E-state index in [0.717, 1.165) is 32.8 Å². The Morgan fingerprint density at radius 2 is 2.10 bits per heavy atom. The van der Waals surface area contributed by atoms with Crippen LogP contribution < -0.4 is 0 Å². The molecule has 0 aliphatic carbocycles. The molecule has 1 aliphatic heterocycles. The summed E-state index contributed by atoms with van der Waals surface area (Å²) in [7, 11) is 0. The van der Waals surface area contributed by atoms with E-state index in [1.54, 1.807) is 0 Å². The summed E-state index contributed by atoms with van der Waals surface area (Å²) in [5, 5.41) is 0. The average Bonchev–Trinajstić information content (AvgIpc) is 3.12. The van der Waals surface area contributed by atoms with E-state index in [0.29, 0.717) is 5.92 Å². The number of hydrogen-bond donors (Lipinski definition) is 0. The maximum absolute atomic E-state index is 5.53. The summed E-state index contributed by atoms with van der Waals surface area (Å²) < 4.78 is 5.53. The Balaban J connectivity index is 1.67. The Morgan fingerprint density at radius 1 is 1.24 bits per heavy atom. The summed E-state index contributed by atoms with van der Waals surface area (Å²) in [5.74, 6) is 0.674. The molecule has 3 heterocycles. The zero-order valence-electron chi connectivity index (χ0n) is 12.5. The molecule has 2 aromatic heterocycles. The van der Waals surface area contributed by atoms with Gasteiger partial charge in [0.05, 0.1) is 6.61 Å². The summed E-state index contributed by atoms with van der Waals surface area (Å²) >= 11 is 1.90. The highest BCUT2D eigenvalue weighted by Gasteiger charge is 2.20. The van der Waals surface area contributed by atoms with Crippen molar-refractivity contribution in [2.75, 3.05) is 19.8 Å². The first-order valence-corrected chi connectivity index (χ1v) is 8.35. The van der Waals surface area contributed by atoms with Gasteiger partial charge in [0.15, 0.2) is 0 Å². The highest BCUT2D eigenvalue weighted by atomic mass is 32.1. The number of hydrogen-bond acceptors (Lipinski definition) is 4. The number of pyridine rings is 1. The predicted octanol–water partition coefficient (Wildman–Crippen LogP) is 3.49. The largest absolute Gasteiger partial charge is 0.381 e. The van der Waals surface area contributed by atoms with Crippen molar-refractivity contribution in [3.63, 3.8) is 0 Å². The highest BCUT2D eigenvalue weighted by molar-refractivity contribution is 7.11. The zero-order chi connectivity index (χ0) is 14.5. The van der Waals surface area contributed by atoms with E-state index in [9.17, 15) is 0 Å². The number of aromatic nitrogens is 1. The summed E-state index contributed by atoms with van der Waals surface area (Å²) in [6, 6.07) is 8.68. The van der Waals surface area contributed by atoms with Crippen molar-refractivity contribution in [1.82, 2.24) is 9.88 Å². The molecule has 3 rings (SSSR count). The van der Waals surface area contributed by atoms with Gasteiger partial charge in [-0.05, 0) is 49.1 Å². The second-order valence-electron chi connectivity index (χ2n) is 5.77. The molecule has 112 valence electrons. The minimum atomic E-state index is 0.674. The van der Waals surface area contributed by atoms with E-state index in [-0.39, 0.29) is 0 Å². The summed E-state index contributed by atoms with van der Waals surface area (Å²) in [6.45, 7) is 7.13. The quantitative estimate of drug-likeness (QED) is 0.817. The van der Waals surface area contributed by atoms with Crippen molar-refractivity contribution >= 4 is 11.3 Å². The molecule has 1 saturated heterocycles. The molecule has 4 heteroatoms. The standard InChI is InChI=1S/C17H22N2OS/c1-14-2-3-17(21-14)12-19(11-16-6-9-20-13-16)10-15-4-7-18-8-5-15/h2-5,7-8,16H,6,9-13H2,1H3/t16-/m1/s1. The van der Waals surface area contributed by atoms with Gasteiger partial charge >= 0.3 is 0 Å². The molecule has 0 aromatic carbocycles. The molecule has 0 saturated carbocycles. The minimum Gasteiger partial charge on any atom is -0.381 e. The summed E-state index contributed by atoms with van der Waals surface area (Å²) in [6.07, 6.45) is 4.94. The van der Waals surface area contributed by atoms with Gasteiger partial charge < -0.3 is 4.74 Å². The molecule has 0 amide bonds. The third-order valence-corrected chi connectivity index (χ3v) is 4.86. The van der Waals surface area contributed by atoms with Crippen LogP contribution in [0.25, 0.3) is 0 Å². The fourth-order valence-electron chi connectivity index (χ4n) is 2.81. The van der Waals surface area contributed by atoms with Gasteiger partial charge in [-0.3, -0.25) is 9.88 Å². The van der Waals surface area contributed by atoms with E-state index >= 15 is 0 Å². The smallest absolute Gasteiger partial charge is 0.0507 e. The fraction of sp³-hybridized carbons (Fsp3) is 0.471. The van der Waals surface area contributed by atoms with Crippen LogP contribution >= 0.6 is 11.3 Å². The van der Waals surface area contributed by atoms with Crippen molar-refractivity contribution in [2.24, 2.45) is 5.92 Å². The number of thiophene rings is 1. The Labute approximate surface area is 130 Å². The maximum Gasteiger partial charge on any atom is 0.0507 e. The van der Waals surface area contributed by atoms with Crippen LogP contribution in [-0.2, 0) is 17.8 Å². The molecule has 0 unspecified atom stereocenters. The number of nitrogens with zero attached hydrogens (tertiary/aromatic N) is 2. The Morgan fingerprint density at radius 3 is 2.76 bits per heavy atom. The van der Waals surface area contributed by atoms with E-state index in [1.807, 2.05) is 23.7 Å². The van der Waals surface area contributed by atoms with Crippen molar-refractivity contribution in [3.8, 4) is 0 Å². The lowest BCUT2D eigenvalue weighted by Crippen LogP contribution is -2.28. The van der Waals surface area contributed by atoms with E-state index < -0.39 is 0 Å². The van der Waals surface area contributed by atoms with Crippen LogP contribution in [0.4, 0.5) is 0 Å². The van der Waals surface area contributed by atoms with Crippen LogP contribution in [-0.4, -0.2) is 29.6 Å². The van der Waals surface area contributed by atoms with Gasteiger partial charge in [-0.2, -0.15) is 0 Å². The van der Waals surface area contributed by atoms with Gasteiger partial charge in [0, 0.05) is 48.4 Å². The first kappa shape index (κ1) is 14.7. The molecule has 21 heavy (non-hydrogen) atoms. The van der Waals surface area contributed by atoms with Gasteiger partial charge in [0.25, 0.3) is 0 Å². The molecule has 3 nitrogen and oxygen atoms in total. The molecule has 0 N–H and O–H groups in total. The maximum atomic E-state index is 5.53. The molecule has 2 aromatic rings. The first-order chi connectivity index (χ1) is 10.3. The van der Waals surface area contributed by atoms with Crippen LogP contribution in [0.3, 0.4) is 0 Å². The van der Waals surface area contributed by atoms with Crippen LogP contribution in [0.1, 0.15) is 21.7 Å². The van der Waals surface area contributed by atoms with Crippen molar-refractivity contribution in [2.45, 2.75) is 26.4 Å². The molecule has 0 bridgehead atoms. The van der Waals surface area contributed by atoms with Crippen molar-refractivity contribution in [3.05, 3.63) is 52.0 Å². The van der Waals surface area contributed by atoms with Crippen molar-refractivity contribution < 1.29 is 4.74 Å². The Hall–Kier alpha value is -1.23. The molecular formula is C17H22N2OS. The molecular weight excluding hydrogens is 280 g/mol. The molecule has 1 atom stereocenters. The minimum absolute atomic E-state index is 0.674. The topological polar surface area (TPSA) is 25.4 Å². The number of ether oxygens (including phenoxy) is 1. The van der Waals surface area contributed by atoms with E-state index in [2.05, 4.69) is 41.1 Å². The van der Waals surface area contributed by atoms with Crippen LogP contribution in [0.5, 0.6) is 0 Å². The Bertz CT molecular complexity index is 549. The third-order valence-electron chi connectivity index (χ3n) is 3.87. The monoisotopic (exact) mass is 302 g/mol. The van der Waals surface area contributed by atoms with Gasteiger partial charge in [-0.25, -0.2) is 0 Å². The van der Waals surface area contributed by atoms with Crippen LogP contribution in [0, 0.1) is 12.8 Å². The normalized spacial score (nSPS) is 18.5. The lowest BCUT2D eigenvalue weighted by atomic mass is 10.1. The predicted molar refractivity (Wildman–Crippen MR) is 86.3 cm³/mol. The van der Waals surface area contributed by atoms with Gasteiger partial charge in [-0.15, -0.1) is 11.3 Å². The SMILES string of the molecule is Cc1ccc(CN(Cc2ccncc2)C[C@H]2CCOC2)s1. The molecule has 1 fully saturated rings. The first-order valence-electron chi connectivity index (χ1n) is 7.54. The molecule has 0 spiro atoms. The Kier molecular flexibility index (Phi) is 5.01. The number of aryl methyl sites for hydroxylation is 1. The second kappa shape index (κ2) is 7.16. The molecule has 0 radical (unpaired) electrons. The highest BCUT2D eigenvalue weighted by Crippen LogP contribution is 2.21. The van der Waals surface area contributed by atoms with Crippen LogP contribution in [0.2, 0.25) is 0 Å². The number of rotatable bonds is 6. The average molecular weight is 302 g/mol. The van der Waals surface area contributed by atoms with Gasteiger partial charge in [-0.1, -0.05) is 0 Å². The van der Waals surface area contributed by atoms with Crippen LogP contribution in [0.15, 0.2) is 36.7 Å². The molecule has 1 aliphatic rings. The lowest BCUT2D eigenvalue weighted by Gasteiger charge is -2.24.